The highest BCUT2D eigenvalue weighted by molar-refractivity contribution is 6.33. The average Bonchev–Trinajstić information content (AvgIpc) is 3.26. The maximum atomic E-state index is 10.2. The third kappa shape index (κ3) is 4.88. The third-order valence-corrected chi connectivity index (χ3v) is 6.74. The Bertz CT molecular complexity index is 1430. The molecule has 1 aliphatic rings. The van der Waals surface area contributed by atoms with Crippen LogP contribution in [0.1, 0.15) is 39.8 Å². The zero-order chi connectivity index (χ0) is 26.1. The summed E-state index contributed by atoms with van der Waals surface area (Å²) in [5.74, 6) is 1.53. The first kappa shape index (κ1) is 24.4. The van der Waals surface area contributed by atoms with Gasteiger partial charge in [0.2, 0.25) is 0 Å². The summed E-state index contributed by atoms with van der Waals surface area (Å²) in [6.45, 7) is 0. The summed E-state index contributed by atoms with van der Waals surface area (Å²) in [6, 6.07) is 21.0. The maximum Gasteiger partial charge on any atom is 0.141 e. The van der Waals surface area contributed by atoms with E-state index in [0.29, 0.717) is 27.8 Å². The molecule has 0 saturated heterocycles. The fourth-order valence-corrected chi connectivity index (χ4v) is 4.91. The van der Waals surface area contributed by atoms with Crippen molar-refractivity contribution >= 4 is 23.8 Å². The molecule has 37 heavy (non-hydrogen) atoms. The number of benzene rings is 4. The second-order valence-electron chi connectivity index (χ2n) is 8.76. The molecule has 0 fully saturated rings. The quantitative estimate of drug-likeness (QED) is 0.241. The molecule has 0 aromatic heterocycles. The summed E-state index contributed by atoms with van der Waals surface area (Å²) in [7, 11) is 3.11. The number of fused-ring (bicyclic) bond motifs is 1. The van der Waals surface area contributed by atoms with Crippen LogP contribution in [0.2, 0.25) is 5.02 Å². The first-order valence-corrected chi connectivity index (χ1v) is 12.0. The molecule has 5 rings (SSSR count). The zero-order valence-corrected chi connectivity index (χ0v) is 20.9. The van der Waals surface area contributed by atoms with Crippen molar-refractivity contribution in [3.8, 4) is 34.5 Å². The van der Waals surface area contributed by atoms with Gasteiger partial charge in [0.05, 0.1) is 20.1 Å². The number of phenolic OH excluding ortho intramolecular Hbond substituents is 3. The molecular formula is C30H25ClO6. The van der Waals surface area contributed by atoms with Crippen molar-refractivity contribution in [1.82, 2.24) is 0 Å². The number of ether oxygens (including phenoxy) is 3. The van der Waals surface area contributed by atoms with Gasteiger partial charge in [0.15, 0.2) is 0 Å². The van der Waals surface area contributed by atoms with Crippen LogP contribution in [0, 0.1) is 0 Å². The summed E-state index contributed by atoms with van der Waals surface area (Å²) >= 11 is 6.29. The predicted octanol–water partition coefficient (Wildman–Crippen LogP) is 6.91. The van der Waals surface area contributed by atoms with E-state index >= 15 is 0 Å². The van der Waals surface area contributed by atoms with E-state index in [1.54, 1.807) is 38.5 Å². The van der Waals surface area contributed by atoms with Crippen LogP contribution in [0.25, 0.3) is 12.2 Å². The van der Waals surface area contributed by atoms with Crippen molar-refractivity contribution in [3.05, 3.63) is 106 Å². The van der Waals surface area contributed by atoms with Gasteiger partial charge < -0.3 is 29.5 Å². The molecule has 7 heteroatoms. The number of hydrogen-bond acceptors (Lipinski definition) is 6. The molecule has 4 aromatic rings. The van der Waals surface area contributed by atoms with Crippen LogP contribution in [0.5, 0.6) is 34.5 Å². The van der Waals surface area contributed by atoms with Crippen molar-refractivity contribution < 1.29 is 29.5 Å². The van der Waals surface area contributed by atoms with Crippen LogP contribution in [-0.2, 0) is 0 Å². The van der Waals surface area contributed by atoms with Crippen LogP contribution < -0.4 is 14.2 Å². The van der Waals surface area contributed by atoms with Gasteiger partial charge in [-0.05, 0) is 70.8 Å². The zero-order valence-electron chi connectivity index (χ0n) is 20.2. The van der Waals surface area contributed by atoms with Gasteiger partial charge >= 0.3 is 0 Å². The lowest BCUT2D eigenvalue weighted by Crippen LogP contribution is -2.11. The fourth-order valence-electron chi connectivity index (χ4n) is 4.64. The van der Waals surface area contributed by atoms with E-state index in [1.165, 1.54) is 6.07 Å². The second-order valence-corrected chi connectivity index (χ2v) is 9.14. The van der Waals surface area contributed by atoms with E-state index < -0.39 is 6.10 Å². The number of aromatic hydroxyl groups is 3. The molecule has 0 aliphatic carbocycles. The summed E-state index contributed by atoms with van der Waals surface area (Å²) < 4.78 is 17.1. The standard InChI is InChI=1S/C30H25ClO6/c1-35-26-12-18(13-27(36-2)29(26)31)4-3-17-5-10-25-24(11-17)28(20-14-22(33)16-23(34)15-20)30(37-25)19-6-8-21(32)9-7-19/h3-16,28,30,32-34H,1-2H3/b4-3+. The Morgan fingerprint density at radius 2 is 1.32 bits per heavy atom. The van der Waals surface area contributed by atoms with Crippen LogP contribution in [0.15, 0.2) is 72.8 Å². The average molecular weight is 517 g/mol. The monoisotopic (exact) mass is 516 g/mol. The highest BCUT2D eigenvalue weighted by Crippen LogP contribution is 2.51. The van der Waals surface area contributed by atoms with Crippen LogP contribution in [-0.4, -0.2) is 29.5 Å². The first-order valence-electron chi connectivity index (χ1n) is 11.6. The van der Waals surface area contributed by atoms with Gasteiger partial charge in [-0.15, -0.1) is 0 Å². The fraction of sp³-hybridized carbons (Fsp3) is 0.133. The highest BCUT2D eigenvalue weighted by atomic mass is 35.5. The van der Waals surface area contributed by atoms with Gasteiger partial charge in [0.1, 0.15) is 45.6 Å². The van der Waals surface area contributed by atoms with Crippen molar-refractivity contribution in [2.24, 2.45) is 0 Å². The first-order chi connectivity index (χ1) is 17.9. The summed E-state index contributed by atoms with van der Waals surface area (Å²) in [5.41, 5.74) is 4.26. The Balaban J connectivity index is 1.55. The number of halogens is 1. The van der Waals surface area contributed by atoms with Gasteiger partial charge in [-0.1, -0.05) is 42.0 Å². The minimum atomic E-state index is -0.416. The molecule has 0 radical (unpaired) electrons. The lowest BCUT2D eigenvalue weighted by molar-refractivity contribution is 0.222. The van der Waals surface area contributed by atoms with Crippen LogP contribution >= 0.6 is 11.6 Å². The van der Waals surface area contributed by atoms with E-state index in [4.69, 9.17) is 25.8 Å². The highest BCUT2D eigenvalue weighted by Gasteiger charge is 2.37. The summed E-state index contributed by atoms with van der Waals surface area (Å²) in [5, 5.41) is 30.6. The van der Waals surface area contributed by atoms with Crippen LogP contribution in [0.4, 0.5) is 0 Å². The molecular weight excluding hydrogens is 492 g/mol. The molecule has 2 atom stereocenters. The third-order valence-electron chi connectivity index (χ3n) is 6.37. The van der Waals surface area contributed by atoms with E-state index in [9.17, 15) is 15.3 Å². The topological polar surface area (TPSA) is 88.4 Å². The van der Waals surface area contributed by atoms with Crippen molar-refractivity contribution in [1.29, 1.82) is 0 Å². The Morgan fingerprint density at radius 3 is 1.95 bits per heavy atom. The lowest BCUT2D eigenvalue weighted by atomic mass is 9.84. The molecule has 4 aromatic carbocycles. The van der Waals surface area contributed by atoms with Gasteiger partial charge in [0.25, 0.3) is 0 Å². The van der Waals surface area contributed by atoms with E-state index in [1.807, 2.05) is 54.6 Å². The smallest absolute Gasteiger partial charge is 0.141 e. The Kier molecular flexibility index (Phi) is 6.59. The van der Waals surface area contributed by atoms with E-state index in [0.717, 1.165) is 22.3 Å². The van der Waals surface area contributed by atoms with Gasteiger partial charge in [-0.3, -0.25) is 0 Å². The number of phenols is 3. The van der Waals surface area contributed by atoms with Gasteiger partial charge in [-0.25, -0.2) is 0 Å². The normalized spacial score (nSPS) is 16.4. The van der Waals surface area contributed by atoms with E-state index in [2.05, 4.69) is 0 Å². The molecule has 6 nitrogen and oxygen atoms in total. The molecule has 2 unspecified atom stereocenters. The molecule has 1 heterocycles. The van der Waals surface area contributed by atoms with Gasteiger partial charge in [0, 0.05) is 11.6 Å². The minimum Gasteiger partial charge on any atom is -0.508 e. The van der Waals surface area contributed by atoms with Crippen molar-refractivity contribution in [3.63, 3.8) is 0 Å². The predicted molar refractivity (Wildman–Crippen MR) is 143 cm³/mol. The van der Waals surface area contributed by atoms with Crippen molar-refractivity contribution in [2.45, 2.75) is 12.0 Å². The largest absolute Gasteiger partial charge is 0.508 e. The number of methoxy groups -OCH3 is 2. The molecule has 3 N–H and O–H groups in total. The lowest BCUT2D eigenvalue weighted by Gasteiger charge is -2.20. The second kappa shape index (κ2) is 9.99. The molecule has 0 bridgehead atoms. The van der Waals surface area contributed by atoms with Gasteiger partial charge in [-0.2, -0.15) is 0 Å². The summed E-state index contributed by atoms with van der Waals surface area (Å²) in [6.07, 6.45) is 3.49. The number of rotatable bonds is 6. The Morgan fingerprint density at radius 1 is 0.703 bits per heavy atom. The van der Waals surface area contributed by atoms with Crippen molar-refractivity contribution in [2.75, 3.05) is 14.2 Å². The van der Waals surface area contributed by atoms with E-state index in [-0.39, 0.29) is 23.2 Å². The molecule has 0 amide bonds. The SMILES string of the molecule is COc1cc(/C=C/c2ccc3c(c2)C(c2cc(O)cc(O)c2)C(c2ccc(O)cc2)O3)cc(OC)c1Cl. The summed E-state index contributed by atoms with van der Waals surface area (Å²) in [4.78, 5) is 0. The maximum absolute atomic E-state index is 10.2. The molecule has 0 saturated carbocycles. The number of hydrogen-bond donors (Lipinski definition) is 3. The Labute approximate surface area is 219 Å². The molecule has 0 spiro atoms. The minimum absolute atomic E-state index is 0.0328. The van der Waals surface area contributed by atoms with Crippen LogP contribution in [0.3, 0.4) is 0 Å². The Hall–Kier alpha value is -4.29. The molecule has 1 aliphatic heterocycles. The molecule has 188 valence electrons.